The minimum atomic E-state index is -1.24. The Morgan fingerprint density at radius 2 is 1.21 bits per heavy atom. The van der Waals surface area contributed by atoms with E-state index in [1.807, 2.05) is 0 Å². The Kier molecular flexibility index (Phi) is 5.55. The molecule has 0 amide bonds. The topological polar surface area (TPSA) is 6.48 Å². The van der Waals surface area contributed by atoms with Gasteiger partial charge in [0.25, 0.3) is 0 Å². The monoisotopic (exact) mass is 620 g/mol. The Labute approximate surface area is 278 Å². The molecule has 0 spiro atoms. The first-order valence-electron chi connectivity index (χ1n) is 16.4. The normalized spacial score (nSPS) is 15.4. The van der Waals surface area contributed by atoms with Gasteiger partial charge in [-0.25, -0.2) is 0 Å². The van der Waals surface area contributed by atoms with Gasteiger partial charge in [0.15, 0.2) is 0 Å². The number of nitrogens with zero attached hydrogens (tertiary/aromatic N) is 2. The molecular weight excluding hydrogens is 587 g/mol. The molecule has 0 aromatic heterocycles. The van der Waals surface area contributed by atoms with E-state index in [0.717, 1.165) is 0 Å². The fraction of sp³-hybridized carbons (Fsp3) is 0.0698. The van der Waals surface area contributed by atoms with Gasteiger partial charge in [-0.2, -0.15) is 10.0 Å². The van der Waals surface area contributed by atoms with Crippen LogP contribution in [-0.2, 0) is 0 Å². The highest BCUT2D eigenvalue weighted by atomic mass is 32.3. The molecule has 0 aliphatic carbocycles. The average Bonchev–Trinajstić information content (AvgIpc) is 3.11. The lowest BCUT2D eigenvalue weighted by Crippen LogP contribution is -2.62. The third-order valence-electron chi connectivity index (χ3n) is 10.5. The summed E-state index contributed by atoms with van der Waals surface area (Å²) in [6.07, 6.45) is 4.94. The van der Waals surface area contributed by atoms with Crippen molar-refractivity contribution in [1.29, 1.82) is 0 Å². The molecule has 0 saturated heterocycles. The molecule has 0 bridgehead atoms. The molecule has 3 aliphatic heterocycles. The SMILES string of the molecule is Cc1cc2c3c(c1)N1c4ccccc4S(C)(C)c4cccc(c41)B3N(c1ccc(-c3ccccc3)cc1)c1cc3ccccc3cc1-2. The predicted octanol–water partition coefficient (Wildman–Crippen LogP) is 10.3. The van der Waals surface area contributed by atoms with Gasteiger partial charge in [-0.3, -0.25) is 0 Å². The van der Waals surface area contributed by atoms with Crippen molar-refractivity contribution in [2.24, 2.45) is 0 Å². The maximum absolute atomic E-state index is 2.63. The summed E-state index contributed by atoms with van der Waals surface area (Å²) in [5.41, 5.74) is 15.6. The molecule has 47 heavy (non-hydrogen) atoms. The van der Waals surface area contributed by atoms with Crippen molar-refractivity contribution >= 4 is 67.0 Å². The van der Waals surface area contributed by atoms with E-state index in [1.165, 1.54) is 87.7 Å². The molecule has 2 nitrogen and oxygen atoms in total. The number of anilines is 5. The molecule has 0 saturated carbocycles. The Balaban J connectivity index is 1.31. The molecule has 10 rings (SSSR count). The van der Waals surface area contributed by atoms with Crippen LogP contribution >= 0.6 is 10.0 Å². The standard InChI is InChI=1S/C43H33BN2S/c1-28-24-35-34-26-31-14-7-8-15-32(31)27-38(34)46(33-22-20-30(21-23-33)29-12-5-4-6-13-29)44-36-16-11-19-41-43(36)45(39(25-28)42(35)44)37-17-9-10-18-40(37)47(41,2)3/h4-27H,1-3H3. The van der Waals surface area contributed by atoms with Crippen LogP contribution in [0.1, 0.15) is 5.56 Å². The summed E-state index contributed by atoms with van der Waals surface area (Å²) in [6, 6.07) is 54.6. The van der Waals surface area contributed by atoms with Crippen molar-refractivity contribution in [3.8, 4) is 22.3 Å². The van der Waals surface area contributed by atoms with E-state index >= 15 is 0 Å². The van der Waals surface area contributed by atoms with E-state index < -0.39 is 10.0 Å². The Hall–Kier alpha value is -5.19. The number of rotatable bonds is 2. The maximum atomic E-state index is 2.63. The van der Waals surface area contributed by atoms with Crippen molar-refractivity contribution in [1.82, 2.24) is 0 Å². The van der Waals surface area contributed by atoms with Gasteiger partial charge in [-0.15, -0.1) is 0 Å². The van der Waals surface area contributed by atoms with Crippen LogP contribution in [0.4, 0.5) is 28.4 Å². The van der Waals surface area contributed by atoms with Gasteiger partial charge in [0.2, 0.25) is 0 Å². The summed E-state index contributed by atoms with van der Waals surface area (Å²) in [7, 11) is -1.24. The van der Waals surface area contributed by atoms with E-state index in [9.17, 15) is 0 Å². The van der Waals surface area contributed by atoms with Crippen LogP contribution < -0.4 is 20.6 Å². The highest BCUT2D eigenvalue weighted by Crippen LogP contribution is 2.67. The predicted molar refractivity (Wildman–Crippen MR) is 204 cm³/mol. The molecule has 7 aromatic rings. The van der Waals surface area contributed by atoms with Crippen molar-refractivity contribution in [2.45, 2.75) is 16.7 Å². The minimum absolute atomic E-state index is 0.0310. The van der Waals surface area contributed by atoms with Gasteiger partial charge in [0.1, 0.15) is 0 Å². The summed E-state index contributed by atoms with van der Waals surface area (Å²) < 4.78 is 0. The third kappa shape index (κ3) is 3.71. The van der Waals surface area contributed by atoms with Gasteiger partial charge >= 0.3 is 6.85 Å². The van der Waals surface area contributed by atoms with Gasteiger partial charge in [-0.05, 0) is 112 Å². The van der Waals surface area contributed by atoms with Gasteiger partial charge in [0, 0.05) is 32.4 Å². The van der Waals surface area contributed by atoms with Crippen molar-refractivity contribution in [3.05, 3.63) is 151 Å². The highest BCUT2D eigenvalue weighted by molar-refractivity contribution is 8.33. The van der Waals surface area contributed by atoms with Crippen LogP contribution in [0.2, 0.25) is 0 Å². The summed E-state index contributed by atoms with van der Waals surface area (Å²) in [6.45, 7) is 2.29. The molecule has 0 atom stereocenters. The van der Waals surface area contributed by atoms with Crippen LogP contribution in [0.3, 0.4) is 0 Å². The molecule has 0 unspecified atom stereocenters. The van der Waals surface area contributed by atoms with Crippen LogP contribution in [0.25, 0.3) is 33.0 Å². The van der Waals surface area contributed by atoms with Crippen LogP contribution in [0.15, 0.2) is 155 Å². The lowest BCUT2D eigenvalue weighted by molar-refractivity contribution is 1.15. The van der Waals surface area contributed by atoms with Crippen molar-refractivity contribution < 1.29 is 0 Å². The molecule has 4 heteroatoms. The molecule has 7 aromatic carbocycles. The maximum Gasteiger partial charge on any atom is 0.333 e. The summed E-state index contributed by atoms with van der Waals surface area (Å²) in [5, 5.41) is 2.53. The van der Waals surface area contributed by atoms with Gasteiger partial charge in [-0.1, -0.05) is 97.1 Å². The first kappa shape index (κ1) is 27.0. The molecule has 3 heterocycles. The van der Waals surface area contributed by atoms with Gasteiger partial charge < -0.3 is 9.71 Å². The second kappa shape index (κ2) is 9.67. The van der Waals surface area contributed by atoms with E-state index in [1.54, 1.807) is 0 Å². The largest absolute Gasteiger partial charge is 0.376 e. The van der Waals surface area contributed by atoms with E-state index in [4.69, 9.17) is 0 Å². The molecule has 3 aliphatic rings. The van der Waals surface area contributed by atoms with Crippen molar-refractivity contribution in [3.63, 3.8) is 0 Å². The Morgan fingerprint density at radius 1 is 0.532 bits per heavy atom. The quantitative estimate of drug-likeness (QED) is 0.178. The number of para-hydroxylation sites is 2. The molecule has 224 valence electrons. The number of benzene rings is 7. The number of hydrogen-bond donors (Lipinski definition) is 0. The van der Waals surface area contributed by atoms with Crippen molar-refractivity contribution in [2.75, 3.05) is 22.2 Å². The second-order valence-corrected chi connectivity index (χ2v) is 17.0. The van der Waals surface area contributed by atoms with E-state index in [0.29, 0.717) is 0 Å². The zero-order valence-electron chi connectivity index (χ0n) is 26.7. The lowest BCUT2D eigenvalue weighted by Gasteiger charge is -2.51. The summed E-state index contributed by atoms with van der Waals surface area (Å²) in [4.78, 5) is 8.15. The number of aryl methyl sites for hydroxylation is 1. The van der Waals surface area contributed by atoms with E-state index in [2.05, 4.69) is 175 Å². The molecule has 0 radical (unpaired) electrons. The molecule has 0 fully saturated rings. The van der Waals surface area contributed by atoms with Crippen LogP contribution in [-0.4, -0.2) is 19.4 Å². The van der Waals surface area contributed by atoms with Crippen LogP contribution in [0.5, 0.6) is 0 Å². The van der Waals surface area contributed by atoms with Gasteiger partial charge in [0.05, 0.1) is 11.4 Å². The zero-order chi connectivity index (χ0) is 31.4. The van der Waals surface area contributed by atoms with E-state index in [-0.39, 0.29) is 6.85 Å². The number of fused-ring (bicyclic) bond motifs is 7. The average molecular weight is 621 g/mol. The Bertz CT molecular complexity index is 2420. The summed E-state index contributed by atoms with van der Waals surface area (Å²) in [5.74, 6) is 0. The van der Waals surface area contributed by atoms with Crippen LogP contribution in [0, 0.1) is 6.92 Å². The lowest BCUT2D eigenvalue weighted by atomic mass is 9.43. The molecule has 0 N–H and O–H groups in total. The fourth-order valence-corrected chi connectivity index (χ4v) is 10.8. The third-order valence-corrected chi connectivity index (χ3v) is 13.4. The zero-order valence-corrected chi connectivity index (χ0v) is 27.6. The Morgan fingerprint density at radius 3 is 2.02 bits per heavy atom. The molecular formula is C43H33BN2S. The smallest absolute Gasteiger partial charge is 0.333 e. The highest BCUT2D eigenvalue weighted by Gasteiger charge is 2.48. The number of hydrogen-bond acceptors (Lipinski definition) is 2. The summed E-state index contributed by atoms with van der Waals surface area (Å²) >= 11 is 0. The minimum Gasteiger partial charge on any atom is -0.376 e. The first-order chi connectivity index (χ1) is 23.0. The first-order valence-corrected chi connectivity index (χ1v) is 18.8. The second-order valence-electron chi connectivity index (χ2n) is 13.5. The fourth-order valence-electron chi connectivity index (χ4n) is 8.39.